The van der Waals surface area contributed by atoms with E-state index in [1.54, 1.807) is 6.07 Å². The number of halogens is 1. The molecule has 0 radical (unpaired) electrons. The van der Waals surface area contributed by atoms with Crippen molar-refractivity contribution in [2.75, 3.05) is 19.8 Å². The van der Waals surface area contributed by atoms with Crippen molar-refractivity contribution in [3.8, 4) is 0 Å². The van der Waals surface area contributed by atoms with Gasteiger partial charge in [-0.1, -0.05) is 19.9 Å². The maximum Gasteiger partial charge on any atom is 0.251 e. The Kier molecular flexibility index (Phi) is 5.31. The zero-order valence-electron chi connectivity index (χ0n) is 12.5. The minimum Gasteiger partial charge on any atom is -0.352 e. The lowest BCUT2D eigenvalue weighted by Crippen LogP contribution is -2.32. The van der Waals surface area contributed by atoms with E-state index in [0.29, 0.717) is 25.3 Å². The molecule has 1 fully saturated rings. The van der Waals surface area contributed by atoms with Crippen LogP contribution in [0.4, 0.5) is 4.39 Å². The molecule has 0 atom stereocenters. The van der Waals surface area contributed by atoms with Crippen molar-refractivity contribution in [2.24, 2.45) is 5.41 Å². The molecule has 0 saturated carbocycles. The van der Waals surface area contributed by atoms with E-state index in [1.807, 2.05) is 0 Å². The molecule has 1 aromatic rings. The van der Waals surface area contributed by atoms with Gasteiger partial charge in [-0.05, 0) is 31.0 Å². The monoisotopic (exact) mass is 295 g/mol. The molecule has 116 valence electrons. The molecule has 0 unspecified atom stereocenters. The molecule has 0 aromatic heterocycles. The van der Waals surface area contributed by atoms with E-state index in [0.717, 1.165) is 12.8 Å². The van der Waals surface area contributed by atoms with Gasteiger partial charge in [-0.3, -0.25) is 4.79 Å². The molecule has 1 aliphatic heterocycles. The van der Waals surface area contributed by atoms with Crippen LogP contribution in [0.25, 0.3) is 0 Å². The molecule has 2 rings (SSSR count). The van der Waals surface area contributed by atoms with Crippen molar-refractivity contribution in [1.82, 2.24) is 5.32 Å². The predicted molar refractivity (Wildman–Crippen MR) is 77.4 cm³/mol. The minimum atomic E-state index is -0.403. The first kappa shape index (κ1) is 15.9. The third-order valence-electron chi connectivity index (χ3n) is 3.63. The second-order valence-electron chi connectivity index (χ2n) is 5.93. The molecule has 1 N–H and O–H groups in total. The highest BCUT2D eigenvalue weighted by molar-refractivity contribution is 5.94. The minimum absolute atomic E-state index is 0.0833. The summed E-state index contributed by atoms with van der Waals surface area (Å²) in [6.07, 6.45) is 1.52. The number of hydrogen-bond donors (Lipinski definition) is 1. The van der Waals surface area contributed by atoms with Crippen LogP contribution in [0.1, 0.15) is 37.0 Å². The summed E-state index contributed by atoms with van der Waals surface area (Å²) in [4.78, 5) is 11.9. The molecule has 1 aliphatic rings. The van der Waals surface area contributed by atoms with Gasteiger partial charge in [0.2, 0.25) is 0 Å². The first-order valence-corrected chi connectivity index (χ1v) is 7.26. The van der Waals surface area contributed by atoms with Crippen LogP contribution in [-0.4, -0.2) is 32.0 Å². The second kappa shape index (κ2) is 7.00. The SMILES string of the molecule is CC(C)(CCCNC(=O)c1cccc(F)c1)C1OCCO1. The number of benzene rings is 1. The van der Waals surface area contributed by atoms with Crippen molar-refractivity contribution >= 4 is 5.91 Å². The summed E-state index contributed by atoms with van der Waals surface area (Å²) < 4.78 is 24.1. The van der Waals surface area contributed by atoms with Crippen LogP contribution < -0.4 is 5.32 Å². The molecule has 0 bridgehead atoms. The smallest absolute Gasteiger partial charge is 0.251 e. The van der Waals surface area contributed by atoms with E-state index in [4.69, 9.17) is 9.47 Å². The average molecular weight is 295 g/mol. The fraction of sp³-hybridized carbons (Fsp3) is 0.562. The van der Waals surface area contributed by atoms with Crippen LogP contribution in [0.3, 0.4) is 0 Å². The van der Waals surface area contributed by atoms with Gasteiger partial charge in [0, 0.05) is 17.5 Å². The van der Waals surface area contributed by atoms with Crippen molar-refractivity contribution in [3.05, 3.63) is 35.6 Å². The van der Waals surface area contributed by atoms with E-state index < -0.39 is 5.82 Å². The normalized spacial score (nSPS) is 16.1. The van der Waals surface area contributed by atoms with Crippen molar-refractivity contribution < 1.29 is 18.7 Å². The van der Waals surface area contributed by atoms with Gasteiger partial charge in [-0.2, -0.15) is 0 Å². The zero-order valence-corrected chi connectivity index (χ0v) is 12.5. The summed E-state index contributed by atoms with van der Waals surface area (Å²) in [5, 5.41) is 2.80. The lowest BCUT2D eigenvalue weighted by molar-refractivity contribution is -0.122. The molecule has 21 heavy (non-hydrogen) atoms. The highest BCUT2D eigenvalue weighted by atomic mass is 19.1. The molecule has 1 aromatic carbocycles. The topological polar surface area (TPSA) is 47.6 Å². The van der Waals surface area contributed by atoms with Gasteiger partial charge in [-0.25, -0.2) is 4.39 Å². The summed E-state index contributed by atoms with van der Waals surface area (Å²) in [6.45, 7) is 6.02. The van der Waals surface area contributed by atoms with Crippen molar-refractivity contribution in [1.29, 1.82) is 0 Å². The number of carbonyl (C=O) groups excluding carboxylic acids is 1. The van der Waals surface area contributed by atoms with E-state index in [2.05, 4.69) is 19.2 Å². The van der Waals surface area contributed by atoms with Gasteiger partial charge in [0.25, 0.3) is 5.91 Å². The number of amides is 1. The van der Waals surface area contributed by atoms with E-state index in [1.165, 1.54) is 18.2 Å². The molecule has 0 spiro atoms. The standard InChI is InChI=1S/C16H22FNO3/c1-16(2,15-20-9-10-21-15)7-4-8-18-14(19)12-5-3-6-13(17)11-12/h3,5-6,11,15H,4,7-10H2,1-2H3,(H,18,19). The summed E-state index contributed by atoms with van der Waals surface area (Å²) in [5.74, 6) is -0.653. The quantitative estimate of drug-likeness (QED) is 0.821. The van der Waals surface area contributed by atoms with Crippen LogP contribution >= 0.6 is 0 Å². The first-order chi connectivity index (χ1) is 9.99. The summed E-state index contributed by atoms with van der Waals surface area (Å²) in [7, 11) is 0. The number of hydrogen-bond acceptors (Lipinski definition) is 3. The lowest BCUT2D eigenvalue weighted by Gasteiger charge is -2.29. The van der Waals surface area contributed by atoms with E-state index >= 15 is 0 Å². The number of carbonyl (C=O) groups is 1. The summed E-state index contributed by atoms with van der Waals surface area (Å²) in [6, 6.07) is 5.69. The Hall–Kier alpha value is -1.46. The number of rotatable bonds is 6. The summed E-state index contributed by atoms with van der Waals surface area (Å²) >= 11 is 0. The maximum absolute atomic E-state index is 13.0. The number of nitrogens with one attached hydrogen (secondary N) is 1. The van der Waals surface area contributed by atoms with Crippen LogP contribution in [0.5, 0.6) is 0 Å². The van der Waals surface area contributed by atoms with Crippen LogP contribution in [0, 0.1) is 11.2 Å². The largest absolute Gasteiger partial charge is 0.352 e. The molecule has 1 saturated heterocycles. The van der Waals surface area contributed by atoms with Crippen molar-refractivity contribution in [3.63, 3.8) is 0 Å². The van der Waals surface area contributed by atoms with Crippen LogP contribution in [0.15, 0.2) is 24.3 Å². The van der Waals surface area contributed by atoms with Gasteiger partial charge < -0.3 is 14.8 Å². The third-order valence-corrected chi connectivity index (χ3v) is 3.63. The second-order valence-corrected chi connectivity index (χ2v) is 5.93. The Morgan fingerprint density at radius 2 is 2.10 bits per heavy atom. The molecule has 1 heterocycles. The Balaban J connectivity index is 1.73. The molecule has 4 nitrogen and oxygen atoms in total. The lowest BCUT2D eigenvalue weighted by atomic mass is 9.87. The molecule has 5 heteroatoms. The Labute approximate surface area is 124 Å². The maximum atomic E-state index is 13.0. The molecule has 1 amide bonds. The Morgan fingerprint density at radius 1 is 1.38 bits per heavy atom. The van der Waals surface area contributed by atoms with Gasteiger partial charge in [-0.15, -0.1) is 0 Å². The third kappa shape index (κ3) is 4.51. The van der Waals surface area contributed by atoms with Gasteiger partial charge >= 0.3 is 0 Å². The first-order valence-electron chi connectivity index (χ1n) is 7.26. The van der Waals surface area contributed by atoms with Gasteiger partial charge in [0.05, 0.1) is 13.2 Å². The molecular weight excluding hydrogens is 273 g/mol. The summed E-state index contributed by atoms with van der Waals surface area (Å²) in [5.41, 5.74) is 0.261. The predicted octanol–water partition coefficient (Wildman–Crippen LogP) is 2.73. The average Bonchev–Trinajstić information content (AvgIpc) is 2.98. The van der Waals surface area contributed by atoms with Gasteiger partial charge in [0.15, 0.2) is 6.29 Å². The van der Waals surface area contributed by atoms with Crippen LogP contribution in [-0.2, 0) is 9.47 Å². The van der Waals surface area contributed by atoms with E-state index in [-0.39, 0.29) is 17.6 Å². The van der Waals surface area contributed by atoms with Crippen molar-refractivity contribution in [2.45, 2.75) is 33.0 Å². The molecular formula is C16H22FNO3. The number of ether oxygens (including phenoxy) is 2. The fourth-order valence-electron chi connectivity index (χ4n) is 2.41. The zero-order chi connectivity index (χ0) is 15.3. The Bertz CT molecular complexity index is 484. The van der Waals surface area contributed by atoms with Gasteiger partial charge in [0.1, 0.15) is 5.82 Å². The highest BCUT2D eigenvalue weighted by Gasteiger charge is 2.33. The van der Waals surface area contributed by atoms with Crippen LogP contribution in [0.2, 0.25) is 0 Å². The molecule has 0 aliphatic carbocycles. The van der Waals surface area contributed by atoms with E-state index in [9.17, 15) is 9.18 Å². The Morgan fingerprint density at radius 3 is 2.76 bits per heavy atom. The highest BCUT2D eigenvalue weighted by Crippen LogP contribution is 2.31. The fourth-order valence-corrected chi connectivity index (χ4v) is 2.41.